The molecule has 29 heavy (non-hydrogen) atoms. The minimum Gasteiger partial charge on any atom is -0.388 e. The van der Waals surface area contributed by atoms with Crippen molar-refractivity contribution < 1.29 is 18.4 Å². The van der Waals surface area contributed by atoms with Gasteiger partial charge < -0.3 is 15.1 Å². The van der Waals surface area contributed by atoms with Crippen LogP contribution in [0.5, 0.6) is 0 Å². The van der Waals surface area contributed by atoms with Crippen molar-refractivity contribution in [3.05, 3.63) is 52.0 Å². The lowest BCUT2D eigenvalue weighted by molar-refractivity contribution is -0.124. The second-order valence-corrected chi connectivity index (χ2v) is 6.33. The standard InChI is InChI=1S/C18H19FN6O4/c1-10-16(11(2)24(3)22-10)21-14(26)8-20-15(27)9-25-18(28)29-17(23-25)12-4-6-13(19)7-5-12/h4-7H,8-9H2,1-3H3,(H,20,27)(H,21,26). The Morgan fingerprint density at radius 3 is 2.45 bits per heavy atom. The van der Waals surface area contributed by atoms with E-state index in [4.69, 9.17) is 4.42 Å². The second-order valence-electron chi connectivity index (χ2n) is 6.33. The van der Waals surface area contributed by atoms with Gasteiger partial charge in [0, 0.05) is 12.6 Å². The summed E-state index contributed by atoms with van der Waals surface area (Å²) in [5.74, 6) is -2.35. The maximum Gasteiger partial charge on any atom is 0.437 e. The van der Waals surface area contributed by atoms with Gasteiger partial charge in [-0.1, -0.05) is 0 Å². The number of amides is 2. The molecule has 3 rings (SSSR count). The molecule has 2 N–H and O–H groups in total. The number of carbonyl (C=O) groups is 2. The van der Waals surface area contributed by atoms with E-state index in [1.165, 1.54) is 24.3 Å². The van der Waals surface area contributed by atoms with E-state index in [0.29, 0.717) is 16.9 Å². The number of hydrogen-bond acceptors (Lipinski definition) is 6. The molecule has 0 unspecified atom stereocenters. The molecule has 0 radical (unpaired) electrons. The number of aromatic nitrogens is 4. The fraction of sp³-hybridized carbons (Fsp3) is 0.278. The van der Waals surface area contributed by atoms with Gasteiger partial charge in [0.25, 0.3) is 0 Å². The smallest absolute Gasteiger partial charge is 0.388 e. The van der Waals surface area contributed by atoms with Crippen LogP contribution in [0.25, 0.3) is 11.5 Å². The number of halogens is 1. The molecule has 2 heterocycles. The zero-order valence-electron chi connectivity index (χ0n) is 16.0. The minimum atomic E-state index is -0.842. The Bertz CT molecular complexity index is 1110. The van der Waals surface area contributed by atoms with Gasteiger partial charge in [0.2, 0.25) is 17.7 Å². The molecule has 0 bridgehead atoms. The van der Waals surface area contributed by atoms with Crippen LogP contribution >= 0.6 is 0 Å². The first-order valence-electron chi connectivity index (χ1n) is 8.65. The number of nitrogens with zero attached hydrogens (tertiary/aromatic N) is 4. The molecular formula is C18H19FN6O4. The third-order valence-electron chi connectivity index (χ3n) is 4.21. The highest BCUT2D eigenvalue weighted by Gasteiger charge is 2.16. The lowest BCUT2D eigenvalue weighted by atomic mass is 10.2. The third-order valence-corrected chi connectivity index (χ3v) is 4.21. The van der Waals surface area contributed by atoms with E-state index in [1.54, 1.807) is 18.7 Å². The molecule has 10 nitrogen and oxygen atoms in total. The van der Waals surface area contributed by atoms with E-state index in [0.717, 1.165) is 10.4 Å². The van der Waals surface area contributed by atoms with Gasteiger partial charge in [0.1, 0.15) is 12.4 Å². The summed E-state index contributed by atoms with van der Waals surface area (Å²) in [6, 6.07) is 5.20. The number of hydrogen-bond donors (Lipinski definition) is 2. The van der Waals surface area contributed by atoms with Gasteiger partial charge in [-0.25, -0.2) is 9.18 Å². The van der Waals surface area contributed by atoms with Crippen LogP contribution in [0.4, 0.5) is 10.1 Å². The van der Waals surface area contributed by atoms with E-state index in [-0.39, 0.29) is 12.4 Å². The van der Waals surface area contributed by atoms with Crippen LogP contribution in [-0.2, 0) is 23.2 Å². The highest BCUT2D eigenvalue weighted by Crippen LogP contribution is 2.18. The van der Waals surface area contributed by atoms with Crippen molar-refractivity contribution in [1.29, 1.82) is 0 Å². The first kappa shape index (κ1) is 20.0. The highest BCUT2D eigenvalue weighted by atomic mass is 19.1. The molecular weight excluding hydrogens is 383 g/mol. The summed E-state index contributed by atoms with van der Waals surface area (Å²) < 4.78 is 20.4. The largest absolute Gasteiger partial charge is 0.437 e. The van der Waals surface area contributed by atoms with E-state index >= 15 is 0 Å². The summed E-state index contributed by atoms with van der Waals surface area (Å²) in [5.41, 5.74) is 2.42. The van der Waals surface area contributed by atoms with Crippen molar-refractivity contribution in [2.24, 2.45) is 7.05 Å². The monoisotopic (exact) mass is 402 g/mol. The molecule has 0 fully saturated rings. The molecule has 152 valence electrons. The number of aryl methyl sites for hydroxylation is 2. The maximum atomic E-state index is 13.0. The normalized spacial score (nSPS) is 10.8. The Morgan fingerprint density at radius 2 is 1.83 bits per heavy atom. The van der Waals surface area contributed by atoms with Crippen LogP contribution in [-0.4, -0.2) is 37.9 Å². The molecule has 0 aliphatic rings. The number of anilines is 1. The van der Waals surface area contributed by atoms with Crippen LogP contribution in [0.3, 0.4) is 0 Å². The Balaban J connectivity index is 1.57. The lowest BCUT2D eigenvalue weighted by Gasteiger charge is -2.07. The van der Waals surface area contributed by atoms with Crippen molar-refractivity contribution in [2.75, 3.05) is 11.9 Å². The summed E-state index contributed by atoms with van der Waals surface area (Å²) >= 11 is 0. The fourth-order valence-corrected chi connectivity index (χ4v) is 2.62. The minimum absolute atomic E-state index is 0.0388. The van der Waals surface area contributed by atoms with Crippen molar-refractivity contribution in [3.63, 3.8) is 0 Å². The summed E-state index contributed by atoms with van der Waals surface area (Å²) in [6.07, 6.45) is 0. The summed E-state index contributed by atoms with van der Waals surface area (Å²) in [4.78, 5) is 36.0. The number of rotatable bonds is 6. The molecule has 0 aliphatic carbocycles. The number of nitrogens with one attached hydrogen (secondary N) is 2. The van der Waals surface area contributed by atoms with Gasteiger partial charge in [0.05, 0.1) is 23.6 Å². The van der Waals surface area contributed by atoms with Crippen molar-refractivity contribution in [3.8, 4) is 11.5 Å². The van der Waals surface area contributed by atoms with Crippen LogP contribution < -0.4 is 16.4 Å². The van der Waals surface area contributed by atoms with Crippen LogP contribution in [0.15, 0.2) is 33.5 Å². The molecule has 2 amide bonds. The van der Waals surface area contributed by atoms with Gasteiger partial charge in [-0.3, -0.25) is 14.3 Å². The maximum absolute atomic E-state index is 13.0. The Kier molecular flexibility index (Phi) is 5.57. The predicted octanol–water partition coefficient (Wildman–Crippen LogP) is 0.748. The van der Waals surface area contributed by atoms with Gasteiger partial charge in [-0.15, -0.1) is 5.10 Å². The topological polar surface area (TPSA) is 124 Å². The third kappa shape index (κ3) is 4.57. The average molecular weight is 402 g/mol. The van der Waals surface area contributed by atoms with Crippen LogP contribution in [0.2, 0.25) is 0 Å². The highest BCUT2D eigenvalue weighted by molar-refractivity contribution is 5.95. The Labute approximate surface area is 164 Å². The van der Waals surface area contributed by atoms with Crippen LogP contribution in [0, 0.1) is 19.7 Å². The zero-order chi connectivity index (χ0) is 21.1. The first-order valence-corrected chi connectivity index (χ1v) is 8.65. The quantitative estimate of drug-likeness (QED) is 0.627. The fourth-order valence-electron chi connectivity index (χ4n) is 2.62. The molecule has 0 aliphatic heterocycles. The zero-order valence-corrected chi connectivity index (χ0v) is 16.0. The SMILES string of the molecule is Cc1nn(C)c(C)c1NC(=O)CNC(=O)Cn1nc(-c2ccc(F)cc2)oc1=O. The molecule has 0 saturated carbocycles. The number of carbonyl (C=O) groups excluding carboxylic acids is 2. The number of benzene rings is 1. The lowest BCUT2D eigenvalue weighted by Crippen LogP contribution is -2.36. The summed E-state index contributed by atoms with van der Waals surface area (Å²) in [5, 5.41) is 13.2. The molecule has 0 saturated heterocycles. The van der Waals surface area contributed by atoms with Gasteiger partial charge >= 0.3 is 5.76 Å². The van der Waals surface area contributed by atoms with Gasteiger partial charge in [-0.2, -0.15) is 9.78 Å². The Morgan fingerprint density at radius 1 is 1.14 bits per heavy atom. The van der Waals surface area contributed by atoms with Crippen LogP contribution in [0.1, 0.15) is 11.4 Å². The van der Waals surface area contributed by atoms with E-state index in [2.05, 4.69) is 20.8 Å². The summed E-state index contributed by atoms with van der Waals surface area (Å²) in [7, 11) is 1.76. The van der Waals surface area contributed by atoms with Crippen molar-refractivity contribution in [1.82, 2.24) is 24.9 Å². The second kappa shape index (κ2) is 8.09. The van der Waals surface area contributed by atoms with Crippen molar-refractivity contribution >= 4 is 17.5 Å². The molecule has 1 aromatic carbocycles. The molecule has 11 heteroatoms. The molecule has 3 aromatic rings. The molecule has 0 atom stereocenters. The predicted molar refractivity (Wildman–Crippen MR) is 100 cm³/mol. The molecule has 0 spiro atoms. The van der Waals surface area contributed by atoms with E-state index in [1.807, 2.05) is 6.92 Å². The molecule has 2 aromatic heterocycles. The summed E-state index contributed by atoms with van der Waals surface area (Å²) in [6.45, 7) is 2.85. The van der Waals surface area contributed by atoms with Gasteiger partial charge in [0.15, 0.2) is 0 Å². The Hall–Kier alpha value is -3.76. The van der Waals surface area contributed by atoms with Crippen molar-refractivity contribution in [2.45, 2.75) is 20.4 Å². The van der Waals surface area contributed by atoms with E-state index < -0.39 is 29.9 Å². The van der Waals surface area contributed by atoms with Gasteiger partial charge in [-0.05, 0) is 38.1 Å². The van der Waals surface area contributed by atoms with E-state index in [9.17, 15) is 18.8 Å². The first-order chi connectivity index (χ1) is 13.7. The average Bonchev–Trinajstić information content (AvgIpc) is 3.15.